The Balaban J connectivity index is 1.63. The van der Waals surface area contributed by atoms with E-state index in [4.69, 9.17) is 14.2 Å². The van der Waals surface area contributed by atoms with Crippen molar-refractivity contribution in [3.63, 3.8) is 0 Å². The maximum atomic E-state index is 15.1. The van der Waals surface area contributed by atoms with Crippen molar-refractivity contribution in [3.8, 4) is 11.3 Å². The number of unbranched alkanes of at least 4 members (excludes halogenated alkanes) is 1. The van der Waals surface area contributed by atoms with Gasteiger partial charge in [0, 0.05) is 38.2 Å². The molecule has 48 heavy (non-hydrogen) atoms. The number of aryl methyl sites for hydroxylation is 1. The number of alkyl halides is 3. The van der Waals surface area contributed by atoms with E-state index >= 15 is 4.39 Å². The lowest BCUT2D eigenvalue weighted by Crippen LogP contribution is -2.21. The SMILES string of the molecule is CCOP(=O)(Cc1ccc(Nc2ncc(C(F)(F)F)c(Nc3ccc(-c4cnn(CCCCO)c4)nc3C(=O)NC)n2)c(F)c1)OCC. The van der Waals surface area contributed by atoms with Crippen LogP contribution in [0.3, 0.4) is 0 Å². The standard InChI is InChI=1S/C30H35F4N8O5P/c1-4-46-48(45,47-5-2)18-19-8-9-24(22(31)14-19)40-29-36-16-21(30(32,33)34)27(41-29)39-25-11-10-23(38-26(25)28(44)35-3)20-15-37-42(17-20)12-6-7-13-43/h8-11,14-17,43H,4-7,12-13,18H2,1-3H3,(H,35,44)(H2,36,39,40,41). The number of hydrogen-bond donors (Lipinski definition) is 4. The number of pyridine rings is 1. The molecule has 0 saturated carbocycles. The van der Waals surface area contributed by atoms with Gasteiger partial charge in [-0.2, -0.15) is 23.3 Å². The Morgan fingerprint density at radius 2 is 1.75 bits per heavy atom. The minimum Gasteiger partial charge on any atom is -0.396 e. The van der Waals surface area contributed by atoms with Gasteiger partial charge < -0.3 is 30.1 Å². The van der Waals surface area contributed by atoms with Crippen molar-refractivity contribution in [1.82, 2.24) is 30.0 Å². The molecule has 4 N–H and O–H groups in total. The van der Waals surface area contributed by atoms with Crippen molar-refractivity contribution in [2.24, 2.45) is 0 Å². The molecule has 0 fully saturated rings. The lowest BCUT2D eigenvalue weighted by Gasteiger charge is -2.18. The Kier molecular flexibility index (Phi) is 12.2. The molecule has 0 radical (unpaired) electrons. The minimum atomic E-state index is -4.89. The Labute approximate surface area is 273 Å². The lowest BCUT2D eigenvalue weighted by molar-refractivity contribution is -0.137. The molecule has 18 heteroatoms. The monoisotopic (exact) mass is 694 g/mol. The fourth-order valence-corrected chi connectivity index (χ4v) is 6.20. The number of aliphatic hydroxyl groups excluding tert-OH is 1. The first-order valence-electron chi connectivity index (χ1n) is 14.9. The van der Waals surface area contributed by atoms with Crippen LogP contribution in [-0.2, 0) is 32.5 Å². The summed E-state index contributed by atoms with van der Waals surface area (Å²) in [4.78, 5) is 24.8. The van der Waals surface area contributed by atoms with Gasteiger partial charge in [-0.25, -0.2) is 14.4 Å². The summed E-state index contributed by atoms with van der Waals surface area (Å²) in [6.45, 7) is 4.16. The fraction of sp³-hybridized carbons (Fsp3) is 0.367. The summed E-state index contributed by atoms with van der Waals surface area (Å²) in [6.07, 6.45) is -0.0286. The first-order chi connectivity index (χ1) is 22.9. The predicted molar refractivity (Wildman–Crippen MR) is 170 cm³/mol. The van der Waals surface area contributed by atoms with Gasteiger partial charge in [-0.3, -0.25) is 14.0 Å². The van der Waals surface area contributed by atoms with Crippen LogP contribution in [0, 0.1) is 5.82 Å². The summed E-state index contributed by atoms with van der Waals surface area (Å²) in [5, 5.41) is 20.8. The number of anilines is 4. The number of rotatable bonds is 16. The lowest BCUT2D eigenvalue weighted by atomic mass is 10.1. The first kappa shape index (κ1) is 36.4. The smallest absolute Gasteiger partial charge is 0.396 e. The topological polar surface area (TPSA) is 165 Å². The summed E-state index contributed by atoms with van der Waals surface area (Å²) in [5.74, 6) is -2.60. The molecule has 1 amide bonds. The molecular weight excluding hydrogens is 659 g/mol. The first-order valence-corrected chi connectivity index (χ1v) is 16.6. The van der Waals surface area contributed by atoms with E-state index in [9.17, 15) is 22.5 Å². The van der Waals surface area contributed by atoms with Crippen LogP contribution in [0.2, 0.25) is 0 Å². The number of aliphatic hydroxyl groups is 1. The van der Waals surface area contributed by atoms with Gasteiger partial charge in [0.05, 0.1) is 42.6 Å². The molecule has 13 nitrogen and oxygen atoms in total. The summed E-state index contributed by atoms with van der Waals surface area (Å²) in [6, 6.07) is 6.73. The second kappa shape index (κ2) is 16.1. The number of benzene rings is 1. The highest BCUT2D eigenvalue weighted by Crippen LogP contribution is 2.51. The van der Waals surface area contributed by atoms with E-state index in [2.05, 4.69) is 36.0 Å². The molecule has 1 aromatic carbocycles. The van der Waals surface area contributed by atoms with Crippen LogP contribution in [0.4, 0.5) is 40.7 Å². The van der Waals surface area contributed by atoms with Gasteiger partial charge in [0.25, 0.3) is 5.91 Å². The highest BCUT2D eigenvalue weighted by atomic mass is 31.2. The van der Waals surface area contributed by atoms with Gasteiger partial charge >= 0.3 is 13.8 Å². The number of nitrogens with zero attached hydrogens (tertiary/aromatic N) is 5. The number of hydrogen-bond acceptors (Lipinski definition) is 11. The number of halogens is 4. The third-order valence-corrected chi connectivity index (χ3v) is 8.77. The molecule has 0 saturated heterocycles. The van der Waals surface area contributed by atoms with Crippen LogP contribution in [0.25, 0.3) is 11.3 Å². The number of aromatic nitrogens is 5. The van der Waals surface area contributed by atoms with Crippen LogP contribution in [0.15, 0.2) is 48.9 Å². The Bertz CT molecular complexity index is 1760. The van der Waals surface area contributed by atoms with Crippen LogP contribution in [-0.4, -0.2) is 62.6 Å². The molecule has 3 heterocycles. The van der Waals surface area contributed by atoms with E-state index in [1.54, 1.807) is 24.7 Å². The summed E-state index contributed by atoms with van der Waals surface area (Å²) >= 11 is 0. The normalized spacial score (nSPS) is 11.8. The molecule has 0 aliphatic heterocycles. The number of carbonyl (C=O) groups excluding carboxylic acids is 1. The van der Waals surface area contributed by atoms with Crippen LogP contribution >= 0.6 is 7.60 Å². The zero-order valence-electron chi connectivity index (χ0n) is 26.3. The third-order valence-electron chi connectivity index (χ3n) is 6.72. The Morgan fingerprint density at radius 3 is 2.40 bits per heavy atom. The molecule has 0 atom stereocenters. The van der Waals surface area contributed by atoms with E-state index in [0.717, 1.165) is 6.07 Å². The average Bonchev–Trinajstić information content (AvgIpc) is 3.51. The average molecular weight is 695 g/mol. The van der Waals surface area contributed by atoms with E-state index < -0.39 is 36.9 Å². The number of nitrogens with one attached hydrogen (secondary N) is 3. The zero-order valence-corrected chi connectivity index (χ0v) is 27.2. The third kappa shape index (κ3) is 9.34. The van der Waals surface area contributed by atoms with E-state index in [0.29, 0.717) is 42.4 Å². The number of amides is 1. The van der Waals surface area contributed by atoms with E-state index in [1.165, 1.54) is 37.5 Å². The molecule has 0 unspecified atom stereocenters. The van der Waals surface area contributed by atoms with Crippen LogP contribution in [0.5, 0.6) is 0 Å². The Morgan fingerprint density at radius 1 is 1.02 bits per heavy atom. The zero-order chi connectivity index (χ0) is 34.9. The van der Waals surface area contributed by atoms with Crippen molar-refractivity contribution in [2.45, 2.75) is 45.6 Å². The van der Waals surface area contributed by atoms with Crippen LogP contribution in [0.1, 0.15) is 48.3 Å². The molecule has 0 spiro atoms. The van der Waals surface area contributed by atoms with Crippen molar-refractivity contribution >= 4 is 36.6 Å². The van der Waals surface area contributed by atoms with Crippen molar-refractivity contribution in [2.75, 3.05) is 37.5 Å². The summed E-state index contributed by atoms with van der Waals surface area (Å²) in [5.41, 5.74) is -0.512. The number of carbonyl (C=O) groups is 1. The van der Waals surface area contributed by atoms with Crippen molar-refractivity contribution in [3.05, 3.63) is 71.6 Å². The second-order valence-corrected chi connectivity index (χ2v) is 12.3. The van der Waals surface area contributed by atoms with Gasteiger partial charge in [-0.15, -0.1) is 0 Å². The molecule has 0 aliphatic carbocycles. The van der Waals surface area contributed by atoms with E-state index in [-0.39, 0.29) is 49.0 Å². The summed E-state index contributed by atoms with van der Waals surface area (Å²) in [7, 11) is -2.17. The minimum absolute atomic E-state index is 0.0549. The predicted octanol–water partition coefficient (Wildman–Crippen LogP) is 6.28. The molecule has 258 valence electrons. The quantitative estimate of drug-likeness (QED) is 0.0593. The molecule has 4 rings (SSSR count). The van der Waals surface area contributed by atoms with Gasteiger partial charge in [0.15, 0.2) is 5.69 Å². The van der Waals surface area contributed by atoms with Gasteiger partial charge in [0.1, 0.15) is 17.2 Å². The molecular formula is C30H35F4N8O5P. The van der Waals surface area contributed by atoms with Gasteiger partial charge in [-0.1, -0.05) is 6.07 Å². The molecule has 0 aliphatic rings. The molecule has 0 bridgehead atoms. The van der Waals surface area contributed by atoms with E-state index in [1.807, 2.05) is 0 Å². The largest absolute Gasteiger partial charge is 0.421 e. The van der Waals surface area contributed by atoms with Gasteiger partial charge in [0.2, 0.25) is 5.95 Å². The van der Waals surface area contributed by atoms with Crippen molar-refractivity contribution in [1.29, 1.82) is 0 Å². The maximum absolute atomic E-state index is 15.1. The van der Waals surface area contributed by atoms with Crippen LogP contribution < -0.4 is 16.0 Å². The van der Waals surface area contributed by atoms with Crippen molar-refractivity contribution < 1.29 is 41.1 Å². The Hall–Kier alpha value is -4.44. The maximum Gasteiger partial charge on any atom is 0.421 e. The molecule has 3 aromatic heterocycles. The fourth-order valence-electron chi connectivity index (χ4n) is 4.51. The highest BCUT2D eigenvalue weighted by molar-refractivity contribution is 7.53. The molecule has 4 aromatic rings. The van der Waals surface area contributed by atoms with Gasteiger partial charge in [-0.05, 0) is 56.5 Å². The highest BCUT2D eigenvalue weighted by Gasteiger charge is 2.36. The second-order valence-electron chi connectivity index (χ2n) is 10.2. The summed E-state index contributed by atoms with van der Waals surface area (Å²) < 4.78 is 82.2.